The van der Waals surface area contributed by atoms with Crippen LogP contribution in [0, 0.1) is 0 Å². The molecule has 0 unspecified atom stereocenters. The standard InChI is InChI=1S/C12H10ClN7S.ClH/c13-9-6-20-8(5-17-19-11(14)15)10(18-12(20)21-9)7-1-3-16-4-2-7;/h1-6H,(H4,14,15,19);1H/b17-5+;. The van der Waals surface area contributed by atoms with Crippen molar-refractivity contribution >= 4 is 52.5 Å². The molecule has 7 nitrogen and oxygen atoms in total. The molecule has 22 heavy (non-hydrogen) atoms. The van der Waals surface area contributed by atoms with Gasteiger partial charge in [0, 0.05) is 24.2 Å². The molecule has 3 aromatic heterocycles. The average molecular weight is 356 g/mol. The van der Waals surface area contributed by atoms with Crippen LogP contribution in [-0.2, 0) is 0 Å². The number of pyridine rings is 1. The summed E-state index contributed by atoms with van der Waals surface area (Å²) >= 11 is 7.39. The van der Waals surface area contributed by atoms with Gasteiger partial charge in [-0.25, -0.2) is 4.98 Å². The van der Waals surface area contributed by atoms with Crippen molar-refractivity contribution in [1.29, 1.82) is 0 Å². The summed E-state index contributed by atoms with van der Waals surface area (Å²) in [7, 11) is 0. The van der Waals surface area contributed by atoms with E-state index in [1.54, 1.807) is 24.8 Å². The van der Waals surface area contributed by atoms with Gasteiger partial charge in [0.15, 0.2) is 4.96 Å². The minimum atomic E-state index is -0.110. The maximum absolute atomic E-state index is 6.01. The molecule has 0 aliphatic heterocycles. The van der Waals surface area contributed by atoms with Crippen molar-refractivity contribution in [2.75, 3.05) is 0 Å². The number of nitrogens with two attached hydrogens (primary N) is 2. The molecule has 0 radical (unpaired) electrons. The topological polar surface area (TPSA) is 107 Å². The Labute approximate surface area is 140 Å². The fourth-order valence-electron chi connectivity index (χ4n) is 1.83. The molecule has 3 rings (SSSR count). The monoisotopic (exact) mass is 355 g/mol. The average Bonchev–Trinajstić information content (AvgIpc) is 2.97. The van der Waals surface area contributed by atoms with Crippen molar-refractivity contribution in [2.45, 2.75) is 0 Å². The van der Waals surface area contributed by atoms with Crippen molar-refractivity contribution in [3.05, 3.63) is 40.8 Å². The number of aromatic nitrogens is 3. The van der Waals surface area contributed by atoms with Gasteiger partial charge in [-0.15, -0.1) is 17.5 Å². The van der Waals surface area contributed by atoms with Crippen LogP contribution in [0.5, 0.6) is 0 Å². The molecule has 10 heteroatoms. The Morgan fingerprint density at radius 2 is 2.05 bits per heavy atom. The minimum absolute atomic E-state index is 0. The summed E-state index contributed by atoms with van der Waals surface area (Å²) in [6.07, 6.45) is 6.72. The second-order valence-electron chi connectivity index (χ2n) is 4.04. The lowest BCUT2D eigenvalue weighted by molar-refractivity contribution is 1.18. The Morgan fingerprint density at radius 1 is 1.32 bits per heavy atom. The van der Waals surface area contributed by atoms with E-state index in [4.69, 9.17) is 23.1 Å². The smallest absolute Gasteiger partial charge is 0.211 e. The van der Waals surface area contributed by atoms with Gasteiger partial charge >= 0.3 is 0 Å². The van der Waals surface area contributed by atoms with E-state index in [0.29, 0.717) is 4.34 Å². The summed E-state index contributed by atoms with van der Waals surface area (Å²) in [4.78, 5) is 9.33. The largest absolute Gasteiger partial charge is 0.369 e. The molecule has 0 amide bonds. The van der Waals surface area contributed by atoms with Crippen LogP contribution in [0.4, 0.5) is 0 Å². The van der Waals surface area contributed by atoms with Gasteiger partial charge < -0.3 is 11.5 Å². The Kier molecular flexibility index (Phi) is 4.96. The lowest BCUT2D eigenvalue weighted by Crippen LogP contribution is -2.21. The summed E-state index contributed by atoms with van der Waals surface area (Å²) in [6.45, 7) is 0. The Bertz CT molecular complexity index is 834. The van der Waals surface area contributed by atoms with Crippen LogP contribution >= 0.6 is 35.3 Å². The van der Waals surface area contributed by atoms with Crippen LogP contribution in [-0.4, -0.2) is 26.5 Å². The third-order valence-corrected chi connectivity index (χ3v) is 3.74. The maximum Gasteiger partial charge on any atom is 0.211 e. The van der Waals surface area contributed by atoms with Gasteiger partial charge in [0.2, 0.25) is 5.96 Å². The summed E-state index contributed by atoms with van der Waals surface area (Å²) in [6, 6.07) is 3.73. The van der Waals surface area contributed by atoms with Crippen molar-refractivity contribution in [1.82, 2.24) is 14.4 Å². The summed E-state index contributed by atoms with van der Waals surface area (Å²) in [5.74, 6) is -0.110. The van der Waals surface area contributed by atoms with E-state index in [1.165, 1.54) is 11.3 Å². The molecule has 0 saturated carbocycles. The second kappa shape index (κ2) is 6.73. The van der Waals surface area contributed by atoms with E-state index >= 15 is 0 Å². The molecule has 114 valence electrons. The summed E-state index contributed by atoms with van der Waals surface area (Å²) in [5, 5.41) is 7.46. The van der Waals surface area contributed by atoms with Crippen LogP contribution < -0.4 is 11.5 Å². The molecular weight excluding hydrogens is 345 g/mol. The fraction of sp³-hybridized carbons (Fsp3) is 0. The number of halogens is 2. The van der Waals surface area contributed by atoms with Gasteiger partial charge in [-0.2, -0.15) is 5.10 Å². The Hall–Kier alpha value is -2.16. The van der Waals surface area contributed by atoms with Crippen LogP contribution in [0.15, 0.2) is 40.9 Å². The lowest BCUT2D eigenvalue weighted by atomic mass is 10.1. The molecule has 4 N–H and O–H groups in total. The highest BCUT2D eigenvalue weighted by molar-refractivity contribution is 7.20. The lowest BCUT2D eigenvalue weighted by Gasteiger charge is -1.98. The zero-order valence-corrected chi connectivity index (χ0v) is 13.4. The SMILES string of the molecule is Cl.NC(N)=N/N=C/c1c(-c2ccncc2)nc2sc(Cl)cn12. The van der Waals surface area contributed by atoms with Crippen LogP contribution in [0.2, 0.25) is 4.34 Å². The molecule has 0 spiro atoms. The maximum atomic E-state index is 6.01. The first-order valence-corrected chi connectivity index (χ1v) is 7.04. The predicted molar refractivity (Wildman–Crippen MR) is 92.0 cm³/mol. The molecule has 0 bridgehead atoms. The van der Waals surface area contributed by atoms with Crippen molar-refractivity contribution in [2.24, 2.45) is 21.7 Å². The highest BCUT2D eigenvalue weighted by atomic mass is 35.5. The van der Waals surface area contributed by atoms with E-state index in [-0.39, 0.29) is 18.4 Å². The zero-order valence-electron chi connectivity index (χ0n) is 11.0. The van der Waals surface area contributed by atoms with Crippen molar-refractivity contribution in [3.8, 4) is 11.3 Å². The molecule has 3 aromatic rings. The van der Waals surface area contributed by atoms with Gasteiger partial charge in [0.1, 0.15) is 4.34 Å². The number of hydrogen-bond acceptors (Lipinski definition) is 5. The van der Waals surface area contributed by atoms with Crippen molar-refractivity contribution in [3.63, 3.8) is 0 Å². The summed E-state index contributed by atoms with van der Waals surface area (Å²) in [5.41, 5.74) is 12.9. The van der Waals surface area contributed by atoms with Gasteiger partial charge in [0.25, 0.3) is 0 Å². The number of imidazole rings is 1. The fourth-order valence-corrected chi connectivity index (χ4v) is 2.85. The number of nitrogens with zero attached hydrogens (tertiary/aromatic N) is 5. The molecule has 3 heterocycles. The first-order chi connectivity index (χ1) is 10.1. The van der Waals surface area contributed by atoms with E-state index in [2.05, 4.69) is 20.2 Å². The highest BCUT2D eigenvalue weighted by Crippen LogP contribution is 2.29. The Balaban J connectivity index is 0.00000176. The molecule has 0 aliphatic carbocycles. The number of guanidine groups is 1. The zero-order chi connectivity index (χ0) is 14.8. The van der Waals surface area contributed by atoms with Gasteiger partial charge in [-0.1, -0.05) is 22.9 Å². The summed E-state index contributed by atoms with van der Waals surface area (Å²) < 4.78 is 2.48. The highest BCUT2D eigenvalue weighted by Gasteiger charge is 2.14. The van der Waals surface area contributed by atoms with E-state index in [9.17, 15) is 0 Å². The number of fused-ring (bicyclic) bond motifs is 1. The number of hydrogen-bond donors (Lipinski definition) is 2. The van der Waals surface area contributed by atoms with Crippen LogP contribution in [0.3, 0.4) is 0 Å². The first kappa shape index (κ1) is 16.2. The second-order valence-corrected chi connectivity index (χ2v) is 5.68. The third kappa shape index (κ3) is 3.19. The third-order valence-electron chi connectivity index (χ3n) is 2.64. The van der Waals surface area contributed by atoms with Gasteiger partial charge in [0.05, 0.1) is 17.6 Å². The first-order valence-electron chi connectivity index (χ1n) is 5.85. The minimum Gasteiger partial charge on any atom is -0.369 e. The van der Waals surface area contributed by atoms with Crippen LogP contribution in [0.25, 0.3) is 16.2 Å². The Morgan fingerprint density at radius 3 is 2.73 bits per heavy atom. The number of thiazole rings is 1. The van der Waals surface area contributed by atoms with Gasteiger partial charge in [-0.3, -0.25) is 9.38 Å². The molecular formula is C12H11Cl2N7S. The van der Waals surface area contributed by atoms with E-state index in [0.717, 1.165) is 21.9 Å². The molecule has 0 saturated heterocycles. The van der Waals surface area contributed by atoms with E-state index < -0.39 is 0 Å². The molecule has 0 atom stereocenters. The van der Waals surface area contributed by atoms with Crippen molar-refractivity contribution < 1.29 is 0 Å². The van der Waals surface area contributed by atoms with E-state index in [1.807, 2.05) is 16.5 Å². The van der Waals surface area contributed by atoms with Crippen LogP contribution in [0.1, 0.15) is 5.69 Å². The molecule has 0 fully saturated rings. The normalized spacial score (nSPS) is 10.8. The molecule has 0 aromatic carbocycles. The predicted octanol–water partition coefficient (Wildman–Crippen LogP) is 2.14. The van der Waals surface area contributed by atoms with Gasteiger partial charge in [-0.05, 0) is 12.1 Å². The number of rotatable bonds is 3. The quantitative estimate of drug-likeness (QED) is 0.426. The molecule has 0 aliphatic rings.